The zero-order chi connectivity index (χ0) is 19.9. The van der Waals surface area contributed by atoms with Crippen LogP contribution >= 0.6 is 11.3 Å². The maximum atomic E-state index is 13.7. The van der Waals surface area contributed by atoms with Crippen LogP contribution in [0.15, 0.2) is 17.6 Å². The molecule has 2 fully saturated rings. The zero-order valence-electron chi connectivity index (χ0n) is 16.0. The molecule has 2 unspecified atom stereocenters. The fraction of sp³-hybridized carbons (Fsp3) is 0.600. The van der Waals surface area contributed by atoms with Crippen LogP contribution < -0.4 is 10.1 Å². The normalized spacial score (nSPS) is 28.0. The van der Waals surface area contributed by atoms with E-state index in [4.69, 9.17) is 9.47 Å². The summed E-state index contributed by atoms with van der Waals surface area (Å²) in [4.78, 5) is 16.7. The van der Waals surface area contributed by atoms with Gasteiger partial charge in [0.1, 0.15) is 23.2 Å². The van der Waals surface area contributed by atoms with E-state index in [1.54, 1.807) is 19.4 Å². The van der Waals surface area contributed by atoms with Gasteiger partial charge >= 0.3 is 0 Å². The van der Waals surface area contributed by atoms with E-state index >= 15 is 0 Å². The van der Waals surface area contributed by atoms with Crippen molar-refractivity contribution in [3.05, 3.63) is 23.5 Å². The molecule has 2 atom stereocenters. The number of ether oxygens (including phenoxy) is 2. The Labute approximate surface area is 167 Å². The van der Waals surface area contributed by atoms with Gasteiger partial charge in [-0.1, -0.05) is 0 Å². The van der Waals surface area contributed by atoms with Crippen molar-refractivity contribution in [1.29, 1.82) is 0 Å². The Balaban J connectivity index is 1.25. The lowest BCUT2D eigenvalue weighted by Gasteiger charge is -2.38. The van der Waals surface area contributed by atoms with Gasteiger partial charge < -0.3 is 19.9 Å². The minimum Gasteiger partial charge on any atom is -0.488 e. The lowest BCUT2D eigenvalue weighted by atomic mass is 9.81. The molecular weight excluding hydrogens is 383 g/mol. The van der Waals surface area contributed by atoms with Gasteiger partial charge in [-0.2, -0.15) is 0 Å². The van der Waals surface area contributed by atoms with Gasteiger partial charge in [0, 0.05) is 12.0 Å². The van der Waals surface area contributed by atoms with E-state index in [2.05, 4.69) is 10.3 Å². The zero-order valence-corrected chi connectivity index (χ0v) is 16.8. The van der Waals surface area contributed by atoms with Gasteiger partial charge in [0.05, 0.1) is 34.6 Å². The monoisotopic (exact) mass is 408 g/mol. The molecule has 2 N–H and O–H groups in total. The second kappa shape index (κ2) is 7.57. The minimum absolute atomic E-state index is 0.00760. The molecule has 1 aromatic carbocycles. The number of hydrogen-bond acceptors (Lipinski definition) is 6. The Hall–Kier alpha value is -1.77. The molecule has 1 aromatic heterocycles. The quantitative estimate of drug-likeness (QED) is 0.795. The van der Waals surface area contributed by atoms with Crippen molar-refractivity contribution < 1.29 is 23.8 Å². The first kappa shape index (κ1) is 19.5. The summed E-state index contributed by atoms with van der Waals surface area (Å²) in [5, 5.41) is 13.1. The Kier molecular flexibility index (Phi) is 5.28. The van der Waals surface area contributed by atoms with E-state index < -0.39 is 5.60 Å². The maximum absolute atomic E-state index is 13.7. The number of halogens is 1. The topological polar surface area (TPSA) is 80.7 Å². The van der Waals surface area contributed by atoms with Crippen LogP contribution in [-0.4, -0.2) is 46.5 Å². The number of benzene rings is 1. The van der Waals surface area contributed by atoms with Crippen molar-refractivity contribution in [2.75, 3.05) is 6.61 Å². The number of nitrogens with one attached hydrogen (secondary N) is 1. The first-order valence-corrected chi connectivity index (χ1v) is 10.5. The average molecular weight is 408 g/mol. The molecule has 2 aromatic rings. The lowest BCUT2D eigenvalue weighted by molar-refractivity contribution is -0.137. The number of aromatic nitrogens is 1. The van der Waals surface area contributed by atoms with E-state index in [9.17, 15) is 14.3 Å². The summed E-state index contributed by atoms with van der Waals surface area (Å²) >= 11 is 1.37. The smallest absolute Gasteiger partial charge is 0.223 e. The van der Waals surface area contributed by atoms with Gasteiger partial charge in [0.25, 0.3) is 0 Å². The second-order valence-electron chi connectivity index (χ2n) is 8.27. The Bertz CT molecular complexity index is 851. The molecule has 1 saturated heterocycles. The second-order valence-corrected chi connectivity index (χ2v) is 9.16. The number of nitrogens with zero attached hydrogens (tertiary/aromatic N) is 1. The number of rotatable bonds is 5. The summed E-state index contributed by atoms with van der Waals surface area (Å²) in [6, 6.07) is 2.78. The first-order chi connectivity index (χ1) is 13.3. The number of fused-ring (bicyclic) bond motifs is 1. The van der Waals surface area contributed by atoms with E-state index in [1.165, 1.54) is 23.5 Å². The van der Waals surface area contributed by atoms with E-state index in [-0.39, 0.29) is 35.9 Å². The molecule has 152 valence electrons. The van der Waals surface area contributed by atoms with Crippen LogP contribution in [0, 0.1) is 11.7 Å². The Morgan fingerprint density at radius 3 is 2.86 bits per heavy atom. The molecule has 1 saturated carbocycles. The SMILES string of the molecule is CC(C)(O)C1CCC(NC(=O)C2CC(Oc3cc(F)cc4scnc34)C2)CO1. The highest BCUT2D eigenvalue weighted by Gasteiger charge is 2.38. The van der Waals surface area contributed by atoms with Crippen molar-refractivity contribution in [2.24, 2.45) is 5.92 Å². The number of carbonyl (C=O) groups excluding carboxylic acids is 1. The maximum Gasteiger partial charge on any atom is 0.223 e. The van der Waals surface area contributed by atoms with Gasteiger partial charge in [0.2, 0.25) is 5.91 Å². The minimum atomic E-state index is -0.868. The van der Waals surface area contributed by atoms with Crippen LogP contribution in [0.2, 0.25) is 0 Å². The fourth-order valence-electron chi connectivity index (χ4n) is 3.79. The largest absolute Gasteiger partial charge is 0.488 e. The molecule has 1 aliphatic carbocycles. The molecule has 8 heteroatoms. The first-order valence-electron chi connectivity index (χ1n) is 9.63. The molecule has 2 heterocycles. The van der Waals surface area contributed by atoms with Crippen molar-refractivity contribution in [2.45, 2.75) is 63.4 Å². The highest BCUT2D eigenvalue weighted by molar-refractivity contribution is 7.16. The third-order valence-corrected chi connectivity index (χ3v) is 6.31. The van der Waals surface area contributed by atoms with Crippen molar-refractivity contribution >= 4 is 27.5 Å². The van der Waals surface area contributed by atoms with Crippen LogP contribution in [0.25, 0.3) is 10.2 Å². The molecule has 6 nitrogen and oxygen atoms in total. The third-order valence-electron chi connectivity index (χ3n) is 5.54. The van der Waals surface area contributed by atoms with Crippen molar-refractivity contribution in [3.8, 4) is 5.75 Å². The van der Waals surface area contributed by atoms with Crippen LogP contribution in [0.3, 0.4) is 0 Å². The van der Waals surface area contributed by atoms with Gasteiger partial charge in [0.15, 0.2) is 0 Å². The highest BCUT2D eigenvalue weighted by atomic mass is 32.1. The van der Waals surface area contributed by atoms with E-state index in [1.807, 2.05) is 0 Å². The summed E-state index contributed by atoms with van der Waals surface area (Å²) in [5.74, 6) is 0.00479. The highest BCUT2D eigenvalue weighted by Crippen LogP contribution is 2.36. The van der Waals surface area contributed by atoms with E-state index in [0.29, 0.717) is 37.1 Å². The predicted molar refractivity (Wildman–Crippen MR) is 104 cm³/mol. The van der Waals surface area contributed by atoms with Crippen LogP contribution in [-0.2, 0) is 9.53 Å². The van der Waals surface area contributed by atoms with Crippen molar-refractivity contribution in [3.63, 3.8) is 0 Å². The molecule has 28 heavy (non-hydrogen) atoms. The molecule has 1 aliphatic heterocycles. The van der Waals surface area contributed by atoms with Crippen molar-refractivity contribution in [1.82, 2.24) is 10.3 Å². The molecule has 0 spiro atoms. The number of aliphatic hydroxyl groups is 1. The molecule has 4 rings (SSSR count). The van der Waals surface area contributed by atoms with Crippen LogP contribution in [0.4, 0.5) is 4.39 Å². The van der Waals surface area contributed by atoms with Crippen LogP contribution in [0.5, 0.6) is 5.75 Å². The molecular formula is C20H25FN2O4S. The summed E-state index contributed by atoms with van der Waals surface area (Å²) in [5.41, 5.74) is 1.47. The van der Waals surface area contributed by atoms with Gasteiger partial charge in [-0.25, -0.2) is 9.37 Å². The number of hydrogen-bond donors (Lipinski definition) is 2. The fourth-order valence-corrected chi connectivity index (χ4v) is 4.51. The van der Waals surface area contributed by atoms with E-state index in [0.717, 1.165) is 11.1 Å². The lowest BCUT2D eigenvalue weighted by Crippen LogP contribution is -2.51. The third kappa shape index (κ3) is 4.14. The summed E-state index contributed by atoms with van der Waals surface area (Å²) < 4.78 is 26.1. The number of amides is 1. The van der Waals surface area contributed by atoms with Gasteiger partial charge in [-0.3, -0.25) is 4.79 Å². The Morgan fingerprint density at radius 1 is 1.39 bits per heavy atom. The molecule has 2 aliphatic rings. The summed E-state index contributed by atoms with van der Waals surface area (Å²) in [6.45, 7) is 3.89. The number of carbonyl (C=O) groups is 1. The van der Waals surface area contributed by atoms with Gasteiger partial charge in [-0.15, -0.1) is 11.3 Å². The number of thiazole rings is 1. The Morgan fingerprint density at radius 2 is 2.18 bits per heavy atom. The van der Waals surface area contributed by atoms with Gasteiger partial charge in [-0.05, 0) is 45.6 Å². The standard InChI is InChI=1S/C20H25FN2O4S/c1-20(2,25)17-4-3-13(9-26-17)23-19(24)11-5-14(6-11)27-15-7-12(21)8-16-18(15)22-10-28-16/h7-8,10-11,13-14,17,25H,3-6,9H2,1-2H3,(H,23,24). The predicted octanol–water partition coefficient (Wildman–Crippen LogP) is 3.03. The molecule has 0 radical (unpaired) electrons. The summed E-state index contributed by atoms with van der Waals surface area (Å²) in [7, 11) is 0. The average Bonchev–Trinajstić information content (AvgIpc) is 3.05. The molecule has 0 bridgehead atoms. The summed E-state index contributed by atoms with van der Waals surface area (Å²) in [6.07, 6.45) is 2.41. The van der Waals surface area contributed by atoms with Crippen LogP contribution in [0.1, 0.15) is 39.5 Å². The molecule has 1 amide bonds.